The number of benzene rings is 1. The van der Waals surface area contributed by atoms with E-state index in [-0.39, 0.29) is 37.5 Å². The van der Waals surface area contributed by atoms with E-state index < -0.39 is 95.3 Å². The number of imidazole rings is 1. The zero-order chi connectivity index (χ0) is 42.9. The minimum Gasteiger partial charge on any atom is -0.455 e. The van der Waals surface area contributed by atoms with Gasteiger partial charge < -0.3 is 43.6 Å². The monoisotopic (exact) mass is 816 g/mol. The quantitative estimate of drug-likeness (QED) is 0.192. The van der Waals surface area contributed by atoms with Crippen LogP contribution in [0.25, 0.3) is 11.0 Å². The Morgan fingerprint density at radius 1 is 1.05 bits per heavy atom. The van der Waals surface area contributed by atoms with Crippen LogP contribution in [0.5, 0.6) is 0 Å². The minimum absolute atomic E-state index is 0.0514. The summed E-state index contributed by atoms with van der Waals surface area (Å²) in [5.41, 5.74) is -4.48. The number of nitrogens with zero attached hydrogens (tertiary/aromatic N) is 3. The highest BCUT2D eigenvalue weighted by Crippen LogP contribution is 2.43. The van der Waals surface area contributed by atoms with Gasteiger partial charge in [0.2, 0.25) is 5.91 Å². The van der Waals surface area contributed by atoms with Crippen molar-refractivity contribution in [3.63, 3.8) is 0 Å². The average molecular weight is 817 g/mol. The molecule has 1 unspecified atom stereocenters. The van der Waals surface area contributed by atoms with Crippen LogP contribution in [-0.2, 0) is 49.4 Å². The van der Waals surface area contributed by atoms with E-state index in [0.717, 1.165) is 18.0 Å². The van der Waals surface area contributed by atoms with Crippen LogP contribution in [0.4, 0.5) is 9.18 Å². The molecule has 4 heterocycles. The van der Waals surface area contributed by atoms with Gasteiger partial charge in [-0.1, -0.05) is 39.8 Å². The number of ether oxygens (including phenoxy) is 5. The predicted molar refractivity (Wildman–Crippen MR) is 209 cm³/mol. The zero-order valence-electron chi connectivity index (χ0n) is 35.4. The molecule has 1 aromatic heterocycles. The summed E-state index contributed by atoms with van der Waals surface area (Å²) in [5.74, 6) is -6.41. The second-order valence-corrected chi connectivity index (χ2v) is 17.0. The fourth-order valence-corrected chi connectivity index (χ4v) is 9.38. The maximum absolute atomic E-state index is 16.9. The molecule has 16 heteroatoms. The number of esters is 1. The standard InChI is InChI=1S/C42H61FN4O11/c1-11-31-42(9)34(47(39(53)58-42)19-15-14-18-46-22-44-28-16-12-13-17-30(28)46)25(4)32(49)23(2)21-40(7,54-10)36(26(5)35(51)41(8,43)38(52)56-31)57-37-33(50)29(45-27(6)48)20-24(3)55-37/h12-13,16-17,22-26,29,31,33-34,36-37,50H,11,14-15,18-21H2,1-10H3,(H,45,48)/t23-,24-,25+,26-,29+,31-,33+,34?,36-,37+,40-,41+,42-/m1/s1. The molecule has 1 aromatic carbocycles. The molecule has 5 rings (SSSR count). The van der Waals surface area contributed by atoms with Gasteiger partial charge in [0.05, 0.1) is 47.3 Å². The Labute approximate surface area is 339 Å². The number of aryl methyl sites for hydroxylation is 1. The first kappa shape index (κ1) is 45.1. The molecular weight excluding hydrogens is 755 g/mol. The van der Waals surface area contributed by atoms with Crippen LogP contribution in [0.2, 0.25) is 0 Å². The number of amides is 2. The Morgan fingerprint density at radius 2 is 1.72 bits per heavy atom. The van der Waals surface area contributed by atoms with Gasteiger partial charge in [-0.3, -0.25) is 14.4 Å². The molecule has 0 aliphatic carbocycles. The largest absolute Gasteiger partial charge is 0.455 e. The summed E-state index contributed by atoms with van der Waals surface area (Å²) in [5, 5.41) is 14.0. The number of para-hydroxylation sites is 2. The van der Waals surface area contributed by atoms with Gasteiger partial charge in [-0.15, -0.1) is 0 Å². The third-order valence-electron chi connectivity index (χ3n) is 12.5. The number of halogens is 1. The van der Waals surface area contributed by atoms with E-state index in [2.05, 4.69) is 10.3 Å². The first-order chi connectivity index (χ1) is 27.2. The van der Waals surface area contributed by atoms with Crippen molar-refractivity contribution >= 4 is 40.6 Å². The lowest BCUT2D eigenvalue weighted by Crippen LogP contribution is -2.62. The molecule has 322 valence electrons. The lowest BCUT2D eigenvalue weighted by atomic mass is 9.73. The summed E-state index contributed by atoms with van der Waals surface area (Å²) in [6, 6.07) is 6.07. The number of Topliss-reactive ketones (excluding diaryl/α,β-unsaturated/α-hetero) is 2. The average Bonchev–Trinajstić information content (AvgIpc) is 3.70. The molecule has 58 heavy (non-hydrogen) atoms. The molecule has 3 aliphatic rings. The van der Waals surface area contributed by atoms with Gasteiger partial charge in [0.25, 0.3) is 5.67 Å². The van der Waals surface area contributed by atoms with Crippen molar-refractivity contribution < 1.29 is 57.2 Å². The molecule has 3 aliphatic heterocycles. The van der Waals surface area contributed by atoms with Gasteiger partial charge in [-0.25, -0.2) is 19.0 Å². The topological polar surface area (TPSA) is 185 Å². The number of cyclic esters (lactones) is 1. The van der Waals surface area contributed by atoms with Crippen LogP contribution in [0.1, 0.15) is 94.4 Å². The molecule has 2 N–H and O–H groups in total. The molecule has 3 saturated heterocycles. The molecule has 0 saturated carbocycles. The smallest absolute Gasteiger partial charge is 0.410 e. The predicted octanol–water partition coefficient (Wildman–Crippen LogP) is 4.69. The van der Waals surface area contributed by atoms with Crippen LogP contribution in [-0.4, -0.2) is 122 Å². The molecular formula is C42H61FN4O11. The van der Waals surface area contributed by atoms with Crippen molar-refractivity contribution in [3.8, 4) is 0 Å². The van der Waals surface area contributed by atoms with E-state index in [4.69, 9.17) is 23.7 Å². The first-order valence-electron chi connectivity index (χ1n) is 20.4. The Hall–Kier alpha value is -3.99. The molecule has 0 radical (unpaired) electrons. The number of aliphatic hydroxyl groups is 1. The van der Waals surface area contributed by atoms with E-state index in [0.29, 0.717) is 19.4 Å². The SMILES string of the molecule is CC[C@H]1OC(=O)[C@@](C)(F)C(=O)[C@@H](C)[C@@H](O[C@@H]2O[C@H](C)C[C@H](NC(C)=O)[C@@H]2O)[C@](C)(OC)C[C@@H](C)C(=O)[C@H](C)C2N(CCCCn3cnc4ccccc43)C(=O)O[C@@]21C. The summed E-state index contributed by atoms with van der Waals surface area (Å²) < 4.78 is 49.2. The number of hydrogen-bond donors (Lipinski definition) is 2. The van der Waals surface area contributed by atoms with Gasteiger partial charge in [0.1, 0.15) is 18.0 Å². The highest BCUT2D eigenvalue weighted by atomic mass is 19.1. The number of hydrogen-bond acceptors (Lipinski definition) is 12. The third-order valence-corrected chi connectivity index (χ3v) is 12.5. The highest BCUT2D eigenvalue weighted by molar-refractivity contribution is 6.08. The molecule has 2 aromatic rings. The fraction of sp³-hybridized carbons (Fsp3) is 0.714. The van der Waals surface area contributed by atoms with Crippen molar-refractivity contribution in [2.45, 2.75) is 161 Å². The van der Waals surface area contributed by atoms with Crippen molar-refractivity contribution in [2.75, 3.05) is 13.7 Å². The Bertz CT molecular complexity index is 1840. The lowest BCUT2D eigenvalue weighted by molar-refractivity contribution is -0.290. The number of unbranched alkanes of at least 4 members (excludes halogenated alkanes) is 1. The van der Waals surface area contributed by atoms with Crippen LogP contribution in [0.15, 0.2) is 30.6 Å². The molecule has 3 fully saturated rings. The number of carbonyl (C=O) groups excluding carboxylic acids is 5. The van der Waals surface area contributed by atoms with Crippen molar-refractivity contribution in [1.82, 2.24) is 19.8 Å². The summed E-state index contributed by atoms with van der Waals surface area (Å²) in [7, 11) is 1.36. The Balaban J connectivity index is 1.49. The molecule has 0 bridgehead atoms. The number of alkyl halides is 1. The highest BCUT2D eigenvalue weighted by Gasteiger charge is 2.61. The molecule has 0 spiro atoms. The minimum atomic E-state index is -3.22. The van der Waals surface area contributed by atoms with Crippen molar-refractivity contribution in [1.29, 1.82) is 0 Å². The van der Waals surface area contributed by atoms with Crippen LogP contribution in [0.3, 0.4) is 0 Å². The molecule has 2 amide bonds. The van der Waals surface area contributed by atoms with E-state index >= 15 is 4.39 Å². The molecule has 15 nitrogen and oxygen atoms in total. The van der Waals surface area contributed by atoms with Crippen LogP contribution < -0.4 is 5.32 Å². The van der Waals surface area contributed by atoms with Gasteiger partial charge >= 0.3 is 12.1 Å². The van der Waals surface area contributed by atoms with Crippen molar-refractivity contribution in [2.24, 2.45) is 17.8 Å². The van der Waals surface area contributed by atoms with E-state index in [1.165, 1.54) is 25.9 Å². The van der Waals surface area contributed by atoms with Crippen LogP contribution >= 0.6 is 0 Å². The fourth-order valence-electron chi connectivity index (χ4n) is 9.38. The molecule has 13 atom stereocenters. The lowest BCUT2D eigenvalue weighted by Gasteiger charge is -2.46. The van der Waals surface area contributed by atoms with Crippen molar-refractivity contribution in [3.05, 3.63) is 30.6 Å². The summed E-state index contributed by atoms with van der Waals surface area (Å²) in [6.45, 7) is 14.4. The number of fused-ring (bicyclic) bond motifs is 2. The van der Waals surface area contributed by atoms with E-state index in [9.17, 15) is 29.1 Å². The third kappa shape index (κ3) is 8.80. The number of ketones is 2. The number of rotatable bonds is 10. The number of aliphatic hydroxyl groups excluding tert-OH is 1. The maximum Gasteiger partial charge on any atom is 0.410 e. The van der Waals surface area contributed by atoms with Gasteiger partial charge in [0.15, 0.2) is 17.7 Å². The van der Waals surface area contributed by atoms with Gasteiger partial charge in [-0.05, 0) is 71.9 Å². The summed E-state index contributed by atoms with van der Waals surface area (Å²) >= 11 is 0. The number of aromatic nitrogens is 2. The van der Waals surface area contributed by atoms with Crippen LogP contribution in [0, 0.1) is 17.8 Å². The Kier molecular flexibility index (Phi) is 13.8. The second kappa shape index (κ2) is 17.7. The first-order valence-corrected chi connectivity index (χ1v) is 20.4. The van der Waals surface area contributed by atoms with Gasteiger partial charge in [-0.2, -0.15) is 0 Å². The summed E-state index contributed by atoms with van der Waals surface area (Å²) in [4.78, 5) is 74.5. The van der Waals surface area contributed by atoms with E-state index in [1.54, 1.807) is 47.9 Å². The normalized spacial score (nSPS) is 37.9. The number of carbonyl (C=O) groups is 5. The Morgan fingerprint density at radius 3 is 2.38 bits per heavy atom. The number of methoxy groups -OCH3 is 1. The maximum atomic E-state index is 16.9. The van der Waals surface area contributed by atoms with Gasteiger partial charge in [0, 0.05) is 44.9 Å². The number of nitrogens with one attached hydrogen (secondary N) is 1. The summed E-state index contributed by atoms with van der Waals surface area (Å²) in [6.07, 6.45) is -3.39. The second-order valence-electron chi connectivity index (χ2n) is 17.0. The zero-order valence-corrected chi connectivity index (χ0v) is 35.4. The van der Waals surface area contributed by atoms with E-state index in [1.807, 2.05) is 28.8 Å².